The summed E-state index contributed by atoms with van der Waals surface area (Å²) in [6, 6.07) is 12.8. The van der Waals surface area contributed by atoms with Crippen molar-refractivity contribution in [2.75, 3.05) is 12.4 Å². The van der Waals surface area contributed by atoms with Gasteiger partial charge in [-0.15, -0.1) is 0 Å². The number of methoxy groups -OCH3 is 1. The average Bonchev–Trinajstić information content (AvgIpc) is 3.05. The van der Waals surface area contributed by atoms with Gasteiger partial charge in [0.15, 0.2) is 0 Å². The number of aromatic nitrogens is 2. The van der Waals surface area contributed by atoms with E-state index >= 15 is 0 Å². The first-order chi connectivity index (χ1) is 13.0. The predicted octanol–water partition coefficient (Wildman–Crippen LogP) is 3.29. The van der Waals surface area contributed by atoms with Crippen LogP contribution in [-0.2, 0) is 16.0 Å². The zero-order chi connectivity index (χ0) is 19.4. The number of hydrogen-bond donors (Lipinski definition) is 1. The largest absolute Gasteiger partial charge is 0.469 e. The number of nitrogens with one attached hydrogen (secondary N) is 1. The molecule has 27 heavy (non-hydrogen) atoms. The van der Waals surface area contributed by atoms with Crippen molar-refractivity contribution in [1.29, 1.82) is 0 Å². The van der Waals surface area contributed by atoms with E-state index in [0.717, 1.165) is 5.56 Å². The van der Waals surface area contributed by atoms with E-state index in [1.165, 1.54) is 25.4 Å². The summed E-state index contributed by atoms with van der Waals surface area (Å²) in [6.45, 7) is 1.77. The quantitative estimate of drug-likeness (QED) is 0.703. The van der Waals surface area contributed by atoms with Crippen LogP contribution >= 0.6 is 0 Å². The Kier molecular flexibility index (Phi) is 5.30. The zero-order valence-electron chi connectivity index (χ0n) is 14.9. The maximum atomic E-state index is 13.1. The van der Waals surface area contributed by atoms with Crippen LogP contribution in [0.3, 0.4) is 0 Å². The number of carbonyl (C=O) groups excluding carboxylic acids is 2. The lowest BCUT2D eigenvalue weighted by Crippen LogP contribution is -2.13. The Bertz CT molecular complexity index is 963. The van der Waals surface area contributed by atoms with Gasteiger partial charge >= 0.3 is 5.97 Å². The van der Waals surface area contributed by atoms with Crippen molar-refractivity contribution in [3.63, 3.8) is 0 Å². The Hall–Kier alpha value is -3.48. The van der Waals surface area contributed by atoms with Gasteiger partial charge < -0.3 is 10.1 Å². The van der Waals surface area contributed by atoms with Crippen LogP contribution in [-0.4, -0.2) is 28.8 Å². The van der Waals surface area contributed by atoms with Crippen molar-refractivity contribution in [1.82, 2.24) is 9.78 Å². The second-order valence-electron chi connectivity index (χ2n) is 5.94. The molecule has 0 aliphatic heterocycles. The number of nitrogens with zero attached hydrogens (tertiary/aromatic N) is 2. The Morgan fingerprint density at radius 2 is 1.78 bits per heavy atom. The number of ether oxygens (including phenoxy) is 1. The molecule has 3 rings (SSSR count). The van der Waals surface area contributed by atoms with Crippen LogP contribution in [0.4, 0.5) is 10.1 Å². The molecule has 0 spiro atoms. The average molecular weight is 367 g/mol. The molecule has 0 saturated carbocycles. The minimum Gasteiger partial charge on any atom is -0.469 e. The van der Waals surface area contributed by atoms with Gasteiger partial charge in [0.2, 0.25) is 0 Å². The summed E-state index contributed by atoms with van der Waals surface area (Å²) in [4.78, 5) is 23.8. The number of esters is 1. The van der Waals surface area contributed by atoms with Gasteiger partial charge in [-0.3, -0.25) is 9.59 Å². The highest BCUT2D eigenvalue weighted by atomic mass is 19.1. The minimum absolute atomic E-state index is 0.175. The van der Waals surface area contributed by atoms with Crippen LogP contribution in [0.15, 0.2) is 54.7 Å². The van der Waals surface area contributed by atoms with Crippen LogP contribution < -0.4 is 5.32 Å². The Morgan fingerprint density at radius 1 is 1.11 bits per heavy atom. The molecule has 0 fully saturated rings. The van der Waals surface area contributed by atoms with Gasteiger partial charge in [0, 0.05) is 5.69 Å². The third-order valence-corrected chi connectivity index (χ3v) is 4.11. The zero-order valence-corrected chi connectivity index (χ0v) is 14.9. The molecule has 3 aromatic rings. The van der Waals surface area contributed by atoms with E-state index in [-0.39, 0.29) is 24.1 Å². The van der Waals surface area contributed by atoms with Gasteiger partial charge in [-0.2, -0.15) is 5.10 Å². The van der Waals surface area contributed by atoms with Gasteiger partial charge in [-0.25, -0.2) is 9.07 Å². The fourth-order valence-corrected chi connectivity index (χ4v) is 2.62. The maximum absolute atomic E-state index is 13.1. The Balaban J connectivity index is 1.73. The Morgan fingerprint density at radius 3 is 2.41 bits per heavy atom. The molecule has 0 radical (unpaired) electrons. The van der Waals surface area contributed by atoms with Crippen molar-refractivity contribution in [3.8, 4) is 5.69 Å². The van der Waals surface area contributed by atoms with E-state index in [0.29, 0.717) is 22.6 Å². The maximum Gasteiger partial charge on any atom is 0.309 e. The lowest BCUT2D eigenvalue weighted by molar-refractivity contribution is -0.139. The first-order valence-electron chi connectivity index (χ1n) is 8.25. The molecule has 7 heteroatoms. The summed E-state index contributed by atoms with van der Waals surface area (Å²) >= 11 is 0. The van der Waals surface area contributed by atoms with Crippen molar-refractivity contribution in [2.45, 2.75) is 13.3 Å². The molecule has 138 valence electrons. The molecule has 1 aromatic heterocycles. The third kappa shape index (κ3) is 4.20. The van der Waals surface area contributed by atoms with Crippen molar-refractivity contribution in [3.05, 3.63) is 77.4 Å². The number of rotatable bonds is 5. The number of benzene rings is 2. The molecule has 1 N–H and O–H groups in total. The molecule has 0 aliphatic rings. The fourth-order valence-electron chi connectivity index (χ4n) is 2.62. The highest BCUT2D eigenvalue weighted by molar-refractivity contribution is 6.05. The lowest BCUT2D eigenvalue weighted by Gasteiger charge is -2.07. The van der Waals surface area contributed by atoms with Crippen LogP contribution in [0.2, 0.25) is 0 Å². The number of carbonyl (C=O) groups is 2. The molecule has 0 aliphatic carbocycles. The normalized spacial score (nSPS) is 10.5. The molecule has 1 heterocycles. The summed E-state index contributed by atoms with van der Waals surface area (Å²) < 4.78 is 19.3. The predicted molar refractivity (Wildman–Crippen MR) is 98.4 cm³/mol. The first-order valence-corrected chi connectivity index (χ1v) is 8.25. The SMILES string of the molecule is COC(=O)Cc1ccc(NC(=O)c2cnn(-c3ccc(F)cc3)c2C)cc1. The molecular formula is C20H18FN3O3. The van der Waals surface area contributed by atoms with E-state index in [2.05, 4.69) is 15.2 Å². The number of anilines is 1. The number of hydrogen-bond acceptors (Lipinski definition) is 4. The molecule has 0 saturated heterocycles. The van der Waals surface area contributed by atoms with Crippen LogP contribution in [0.25, 0.3) is 5.69 Å². The third-order valence-electron chi connectivity index (χ3n) is 4.11. The molecule has 2 aromatic carbocycles. The fraction of sp³-hybridized carbons (Fsp3) is 0.150. The second-order valence-corrected chi connectivity index (χ2v) is 5.94. The van der Waals surface area contributed by atoms with Gasteiger partial charge in [-0.05, 0) is 48.9 Å². The summed E-state index contributed by atoms with van der Waals surface area (Å²) in [5.41, 5.74) is 3.11. The monoisotopic (exact) mass is 367 g/mol. The summed E-state index contributed by atoms with van der Waals surface area (Å²) in [5, 5.41) is 7.02. The summed E-state index contributed by atoms with van der Waals surface area (Å²) in [6.07, 6.45) is 1.65. The van der Waals surface area contributed by atoms with Gasteiger partial charge in [-0.1, -0.05) is 12.1 Å². The molecule has 1 amide bonds. The highest BCUT2D eigenvalue weighted by Gasteiger charge is 2.15. The van der Waals surface area contributed by atoms with Crippen LogP contribution in [0.5, 0.6) is 0 Å². The van der Waals surface area contributed by atoms with E-state index < -0.39 is 0 Å². The van der Waals surface area contributed by atoms with E-state index in [4.69, 9.17) is 0 Å². The Labute approximate surface area is 155 Å². The lowest BCUT2D eigenvalue weighted by atomic mass is 10.1. The van der Waals surface area contributed by atoms with Crippen LogP contribution in [0, 0.1) is 12.7 Å². The second kappa shape index (κ2) is 7.82. The highest BCUT2D eigenvalue weighted by Crippen LogP contribution is 2.17. The first kappa shape index (κ1) is 18.3. The topological polar surface area (TPSA) is 73.2 Å². The van der Waals surface area contributed by atoms with Crippen LogP contribution in [0.1, 0.15) is 21.6 Å². The van der Waals surface area contributed by atoms with Crippen molar-refractivity contribution >= 4 is 17.6 Å². The smallest absolute Gasteiger partial charge is 0.309 e. The standard InChI is InChI=1S/C20H18FN3O3/c1-13-18(12-22-24(13)17-9-5-15(21)6-10-17)20(26)23-16-7-3-14(4-8-16)11-19(25)27-2/h3-10,12H,11H2,1-2H3,(H,23,26). The molecule has 6 nitrogen and oxygen atoms in total. The molecule has 0 bridgehead atoms. The number of amides is 1. The summed E-state index contributed by atoms with van der Waals surface area (Å²) in [7, 11) is 1.34. The van der Waals surface area contributed by atoms with Crippen molar-refractivity contribution < 1.29 is 18.7 Å². The van der Waals surface area contributed by atoms with E-state index in [9.17, 15) is 14.0 Å². The van der Waals surface area contributed by atoms with Gasteiger partial charge in [0.05, 0.1) is 36.7 Å². The summed E-state index contributed by atoms with van der Waals surface area (Å²) in [5.74, 6) is -0.964. The minimum atomic E-state index is -0.336. The van der Waals surface area contributed by atoms with E-state index in [1.54, 1.807) is 48.0 Å². The number of halogens is 1. The van der Waals surface area contributed by atoms with Gasteiger partial charge in [0.1, 0.15) is 5.82 Å². The molecule has 0 unspecified atom stereocenters. The van der Waals surface area contributed by atoms with Gasteiger partial charge in [0.25, 0.3) is 5.91 Å². The molecular weight excluding hydrogens is 349 g/mol. The van der Waals surface area contributed by atoms with E-state index in [1.807, 2.05) is 0 Å². The van der Waals surface area contributed by atoms with Crippen molar-refractivity contribution in [2.24, 2.45) is 0 Å². The molecule has 0 atom stereocenters.